The second-order valence-electron chi connectivity index (χ2n) is 4.06. The molecule has 0 fully saturated rings. The number of ether oxygens (including phenoxy) is 2. The molecule has 0 saturated heterocycles. The number of aromatic nitrogens is 4. The van der Waals surface area contributed by atoms with Crippen LogP contribution >= 0.6 is 12.2 Å². The van der Waals surface area contributed by atoms with Crippen molar-refractivity contribution in [1.82, 2.24) is 19.7 Å². The van der Waals surface area contributed by atoms with E-state index in [0.717, 1.165) is 22.5 Å². The Hall–Kier alpha value is -2.41. The Morgan fingerprint density at radius 3 is 2.85 bits per heavy atom. The standard InChI is InChI=1S/C13H12N4O2S/c1-18-8-3-4-11(19-2)10(5-8)17-12-9(6-16-17)13(20)15-7-14-12/h3-7H,1-2H3,(H,14,15,20). The van der Waals surface area contributed by atoms with Gasteiger partial charge in [0.05, 0.1) is 32.1 Å². The lowest BCUT2D eigenvalue weighted by Gasteiger charge is -2.11. The van der Waals surface area contributed by atoms with Crippen molar-refractivity contribution >= 4 is 23.3 Å². The van der Waals surface area contributed by atoms with Gasteiger partial charge in [-0.05, 0) is 12.1 Å². The molecule has 0 aliphatic rings. The third kappa shape index (κ3) is 1.92. The Bertz CT molecular complexity index is 825. The van der Waals surface area contributed by atoms with Crippen LogP contribution in [0.4, 0.5) is 0 Å². The lowest BCUT2D eigenvalue weighted by Crippen LogP contribution is -2.01. The Labute approximate surface area is 120 Å². The third-order valence-corrected chi connectivity index (χ3v) is 3.32. The molecule has 0 saturated carbocycles. The predicted molar refractivity (Wildman–Crippen MR) is 77.2 cm³/mol. The maximum atomic E-state index is 5.38. The van der Waals surface area contributed by atoms with E-state index >= 15 is 0 Å². The molecular formula is C13H12N4O2S. The van der Waals surface area contributed by atoms with Gasteiger partial charge in [0.1, 0.15) is 27.5 Å². The average molecular weight is 288 g/mol. The smallest absolute Gasteiger partial charge is 0.145 e. The second kappa shape index (κ2) is 4.93. The molecule has 0 amide bonds. The summed E-state index contributed by atoms with van der Waals surface area (Å²) in [7, 11) is 3.23. The summed E-state index contributed by atoms with van der Waals surface area (Å²) in [5, 5.41) is 5.14. The number of hydrogen-bond acceptors (Lipinski definition) is 5. The first-order chi connectivity index (χ1) is 9.74. The molecule has 0 atom stereocenters. The van der Waals surface area contributed by atoms with E-state index in [1.807, 2.05) is 18.2 Å². The van der Waals surface area contributed by atoms with Crippen molar-refractivity contribution in [3.63, 3.8) is 0 Å². The Kier molecular flexibility index (Phi) is 3.11. The first-order valence-corrected chi connectivity index (χ1v) is 6.29. The first-order valence-electron chi connectivity index (χ1n) is 5.88. The summed E-state index contributed by atoms with van der Waals surface area (Å²) in [4.78, 5) is 7.09. The quantitative estimate of drug-likeness (QED) is 0.750. The largest absolute Gasteiger partial charge is 0.497 e. The molecule has 1 N–H and O–H groups in total. The predicted octanol–water partition coefficient (Wildman–Crippen LogP) is 2.50. The number of methoxy groups -OCH3 is 2. The van der Waals surface area contributed by atoms with Gasteiger partial charge in [-0.1, -0.05) is 12.2 Å². The van der Waals surface area contributed by atoms with Crippen LogP contribution in [0.2, 0.25) is 0 Å². The minimum Gasteiger partial charge on any atom is -0.497 e. The summed E-state index contributed by atoms with van der Waals surface area (Å²) in [6.45, 7) is 0. The topological polar surface area (TPSA) is 65.0 Å². The summed E-state index contributed by atoms with van der Waals surface area (Å²) in [5.41, 5.74) is 1.52. The molecular weight excluding hydrogens is 276 g/mol. The van der Waals surface area contributed by atoms with Crippen LogP contribution < -0.4 is 9.47 Å². The summed E-state index contributed by atoms with van der Waals surface area (Å²) in [6.07, 6.45) is 3.23. The molecule has 3 aromatic rings. The zero-order chi connectivity index (χ0) is 14.1. The SMILES string of the molecule is COc1ccc(OC)c(-n2ncc3c(=S)nc[nH]c32)c1. The summed E-state index contributed by atoms with van der Waals surface area (Å²) in [5.74, 6) is 1.41. The molecule has 6 nitrogen and oxygen atoms in total. The number of H-pyrrole nitrogens is 1. The molecule has 7 heteroatoms. The van der Waals surface area contributed by atoms with E-state index in [-0.39, 0.29) is 0 Å². The van der Waals surface area contributed by atoms with E-state index < -0.39 is 0 Å². The van der Waals surface area contributed by atoms with Crippen LogP contribution in [0.5, 0.6) is 11.5 Å². The number of fused-ring (bicyclic) bond motifs is 1. The fourth-order valence-electron chi connectivity index (χ4n) is 2.01. The molecule has 1 aromatic carbocycles. The van der Waals surface area contributed by atoms with Gasteiger partial charge < -0.3 is 14.5 Å². The molecule has 2 heterocycles. The van der Waals surface area contributed by atoms with Crippen LogP contribution in [0.15, 0.2) is 30.7 Å². The lowest BCUT2D eigenvalue weighted by molar-refractivity contribution is 0.401. The number of aromatic amines is 1. The Morgan fingerprint density at radius 1 is 1.25 bits per heavy atom. The van der Waals surface area contributed by atoms with Crippen LogP contribution in [0.1, 0.15) is 0 Å². The van der Waals surface area contributed by atoms with E-state index in [0.29, 0.717) is 10.4 Å². The molecule has 0 bridgehead atoms. The fraction of sp³-hybridized carbons (Fsp3) is 0.154. The van der Waals surface area contributed by atoms with Crippen LogP contribution in [0, 0.1) is 4.64 Å². The van der Waals surface area contributed by atoms with Crippen molar-refractivity contribution in [2.24, 2.45) is 0 Å². The molecule has 0 spiro atoms. The van der Waals surface area contributed by atoms with Crippen LogP contribution in [0.3, 0.4) is 0 Å². The van der Waals surface area contributed by atoms with Crippen molar-refractivity contribution in [2.75, 3.05) is 14.2 Å². The van der Waals surface area contributed by atoms with Gasteiger partial charge in [-0.2, -0.15) is 5.10 Å². The maximum absolute atomic E-state index is 5.38. The molecule has 2 aromatic heterocycles. The van der Waals surface area contributed by atoms with Crippen molar-refractivity contribution in [2.45, 2.75) is 0 Å². The van der Waals surface area contributed by atoms with Gasteiger partial charge in [0.2, 0.25) is 0 Å². The van der Waals surface area contributed by atoms with Gasteiger partial charge in [-0.3, -0.25) is 0 Å². The normalized spacial score (nSPS) is 10.7. The van der Waals surface area contributed by atoms with E-state index in [9.17, 15) is 0 Å². The number of nitrogens with one attached hydrogen (secondary N) is 1. The lowest BCUT2D eigenvalue weighted by atomic mass is 10.2. The van der Waals surface area contributed by atoms with Crippen LogP contribution in [-0.2, 0) is 0 Å². The molecule has 0 unspecified atom stereocenters. The summed E-state index contributed by atoms with van der Waals surface area (Å²) < 4.78 is 12.8. The summed E-state index contributed by atoms with van der Waals surface area (Å²) >= 11 is 5.19. The molecule has 0 radical (unpaired) electrons. The van der Waals surface area contributed by atoms with Gasteiger partial charge in [0, 0.05) is 6.07 Å². The highest BCUT2D eigenvalue weighted by atomic mass is 32.1. The van der Waals surface area contributed by atoms with E-state index in [4.69, 9.17) is 21.7 Å². The molecule has 0 aliphatic carbocycles. The highest BCUT2D eigenvalue weighted by Crippen LogP contribution is 2.29. The Morgan fingerprint density at radius 2 is 2.10 bits per heavy atom. The fourth-order valence-corrected chi connectivity index (χ4v) is 2.21. The van der Waals surface area contributed by atoms with E-state index in [1.165, 1.54) is 0 Å². The average Bonchev–Trinajstić information content (AvgIpc) is 2.92. The number of rotatable bonds is 3. The van der Waals surface area contributed by atoms with E-state index in [2.05, 4.69) is 15.1 Å². The highest BCUT2D eigenvalue weighted by molar-refractivity contribution is 7.71. The van der Waals surface area contributed by atoms with Crippen molar-refractivity contribution in [3.8, 4) is 17.2 Å². The van der Waals surface area contributed by atoms with Gasteiger partial charge in [-0.25, -0.2) is 9.67 Å². The maximum Gasteiger partial charge on any atom is 0.145 e. The Balaban J connectivity index is 2.30. The molecule has 3 rings (SSSR count). The number of hydrogen-bond donors (Lipinski definition) is 1. The summed E-state index contributed by atoms with van der Waals surface area (Å²) in [6, 6.07) is 5.51. The van der Waals surface area contributed by atoms with Crippen molar-refractivity contribution in [1.29, 1.82) is 0 Å². The van der Waals surface area contributed by atoms with Gasteiger partial charge in [0.25, 0.3) is 0 Å². The molecule has 102 valence electrons. The third-order valence-electron chi connectivity index (χ3n) is 3.00. The van der Waals surface area contributed by atoms with Crippen molar-refractivity contribution in [3.05, 3.63) is 35.4 Å². The zero-order valence-electron chi connectivity index (χ0n) is 11.0. The highest BCUT2D eigenvalue weighted by Gasteiger charge is 2.12. The van der Waals surface area contributed by atoms with Crippen LogP contribution in [-0.4, -0.2) is 34.0 Å². The second-order valence-corrected chi connectivity index (χ2v) is 4.45. The number of benzene rings is 1. The first kappa shape index (κ1) is 12.6. The zero-order valence-corrected chi connectivity index (χ0v) is 11.8. The monoisotopic (exact) mass is 288 g/mol. The van der Waals surface area contributed by atoms with Gasteiger partial charge in [-0.15, -0.1) is 0 Å². The van der Waals surface area contributed by atoms with Crippen molar-refractivity contribution < 1.29 is 9.47 Å². The van der Waals surface area contributed by atoms with Gasteiger partial charge in [0.15, 0.2) is 0 Å². The molecule has 20 heavy (non-hydrogen) atoms. The minimum atomic E-state index is 0.506. The van der Waals surface area contributed by atoms with Crippen LogP contribution in [0.25, 0.3) is 16.7 Å². The minimum absolute atomic E-state index is 0.506. The van der Waals surface area contributed by atoms with E-state index in [1.54, 1.807) is 31.4 Å². The molecule has 0 aliphatic heterocycles. The number of nitrogens with zero attached hydrogens (tertiary/aromatic N) is 3. The van der Waals surface area contributed by atoms with Gasteiger partial charge >= 0.3 is 0 Å².